The van der Waals surface area contributed by atoms with Crippen LogP contribution in [0.3, 0.4) is 0 Å². The summed E-state index contributed by atoms with van der Waals surface area (Å²) in [7, 11) is 0. The van der Waals surface area contributed by atoms with Gasteiger partial charge in [-0.25, -0.2) is 6.29 Å². The number of hydrogen-bond donors (Lipinski definition) is 5. The summed E-state index contributed by atoms with van der Waals surface area (Å²) in [6.45, 7) is 8.30. The van der Waals surface area contributed by atoms with Crippen molar-refractivity contribution < 1.29 is 90.6 Å². The summed E-state index contributed by atoms with van der Waals surface area (Å²) in [6, 6.07) is 8.22. The zero-order valence-corrected chi connectivity index (χ0v) is 24.9. The smallest absolute Gasteiger partial charge is 0.157 e. The predicted molar refractivity (Wildman–Crippen MR) is 121 cm³/mol. The summed E-state index contributed by atoms with van der Waals surface area (Å²) in [5, 5.41) is 36.0. The van der Waals surface area contributed by atoms with Crippen LogP contribution in [0.15, 0.2) is 36.4 Å². The van der Waals surface area contributed by atoms with E-state index in [1.54, 1.807) is 18.4 Å². The van der Waals surface area contributed by atoms with E-state index in [9.17, 15) is 4.79 Å². The molecule has 7 N–H and O–H groups in total. The molecule has 0 aliphatic heterocycles. The number of phenolic OH excluding ortho intramolecular Hbond substituents is 4. The zero-order valence-electron chi connectivity index (χ0n) is 19.2. The Balaban J connectivity index is -0.000000188. The summed E-state index contributed by atoms with van der Waals surface area (Å²) in [5.41, 5.74) is 13.8. The molecule has 2 aromatic rings. The van der Waals surface area contributed by atoms with Crippen LogP contribution in [0.25, 0.3) is 5.73 Å². The van der Waals surface area contributed by atoms with E-state index in [1.807, 2.05) is 40.5 Å². The number of aromatic hydroxyl groups is 4. The van der Waals surface area contributed by atoms with Crippen LogP contribution in [0.2, 0.25) is 0 Å². The molecule has 32 heavy (non-hydrogen) atoms. The van der Waals surface area contributed by atoms with Gasteiger partial charge in [0.2, 0.25) is 0 Å². The number of rotatable bonds is 5. The van der Waals surface area contributed by atoms with Crippen LogP contribution in [-0.4, -0.2) is 39.3 Å². The maximum Gasteiger partial charge on any atom is 0.157 e. The van der Waals surface area contributed by atoms with Crippen molar-refractivity contribution in [3.63, 3.8) is 0 Å². The molecule has 0 spiro atoms. The van der Waals surface area contributed by atoms with Crippen molar-refractivity contribution in [3.05, 3.63) is 66.1 Å². The van der Waals surface area contributed by atoms with Crippen LogP contribution in [0.1, 0.15) is 38.8 Å². The minimum Gasteiger partial charge on any atom is -0.677 e. The summed E-state index contributed by atoms with van der Waals surface area (Å²) in [6.07, 6.45) is 6.54. The Morgan fingerprint density at radius 2 is 1.22 bits per heavy atom. The van der Waals surface area contributed by atoms with Gasteiger partial charge in [-0.15, -0.1) is 6.54 Å². The maximum absolute atomic E-state index is 10.1. The molecule has 0 heterocycles. The third kappa shape index (κ3) is 20.1. The van der Waals surface area contributed by atoms with Gasteiger partial charge in [-0.2, -0.15) is 27.7 Å². The van der Waals surface area contributed by atoms with E-state index in [4.69, 9.17) is 31.9 Å². The van der Waals surface area contributed by atoms with Crippen molar-refractivity contribution in [3.8, 4) is 23.0 Å². The number of benzene rings is 2. The van der Waals surface area contributed by atoms with Gasteiger partial charge >= 0.3 is 0 Å². The Bertz CT molecular complexity index is 717. The van der Waals surface area contributed by atoms with Gasteiger partial charge in [0.15, 0.2) is 23.0 Å². The van der Waals surface area contributed by atoms with Crippen LogP contribution in [-0.2, 0) is 83.1 Å². The quantitative estimate of drug-likeness (QED) is 0.258. The fourth-order valence-electron chi connectivity index (χ4n) is 1.86. The van der Waals surface area contributed by atoms with Crippen molar-refractivity contribution >= 4 is 6.29 Å². The Labute approximate surface area is 242 Å². The Kier molecular flexibility index (Phi) is 30.3. The van der Waals surface area contributed by atoms with E-state index in [1.165, 1.54) is 24.3 Å². The first kappa shape index (κ1) is 38.7. The largest absolute Gasteiger partial charge is 0.677 e. The number of carbonyl (C=O) groups excluding carboxylic acids is 1. The first-order chi connectivity index (χ1) is 14.2. The molecule has 0 aliphatic rings. The molecule has 0 saturated carbocycles. The van der Waals surface area contributed by atoms with Crippen molar-refractivity contribution in [2.45, 2.75) is 46.6 Å². The van der Waals surface area contributed by atoms with Crippen molar-refractivity contribution in [1.82, 2.24) is 0 Å². The minimum atomic E-state index is -0.691. The second-order valence-electron chi connectivity index (χ2n) is 6.23. The van der Waals surface area contributed by atoms with E-state index in [2.05, 4.69) is 0 Å². The monoisotopic (exact) mass is 596 g/mol. The molecule has 2 radical (unpaired) electrons. The van der Waals surface area contributed by atoms with Crippen LogP contribution < -0.4 is 5.73 Å². The first-order valence-electron chi connectivity index (χ1n) is 9.47. The molecule has 9 heteroatoms. The Morgan fingerprint density at radius 3 is 1.56 bits per heavy atom. The van der Waals surface area contributed by atoms with E-state index in [-0.39, 0.29) is 88.4 Å². The Hall–Kier alpha value is -0.562. The van der Waals surface area contributed by atoms with E-state index >= 15 is 0 Å². The molecule has 0 amide bonds. The van der Waals surface area contributed by atoms with Crippen LogP contribution >= 0.6 is 0 Å². The predicted octanol–water partition coefficient (Wildman–Crippen LogP) is 4.23. The standard InChI is InChI=1S/C9H10NO3.C8H10NO2.2C3H7.2Y/c10-7(5-11)3-6-1-2-8(12)9(13)4-6;9-4-3-6-1-2-7(10)8(11)5-6;2*1-3-2;;/h1-2,4,7,12-13H,3,10H2;1-2,5,9-11H,3-4H2;2*3H,1-2H3;;/q4*-1;;. The molecule has 0 fully saturated rings. The molecule has 0 saturated heterocycles. The number of nitrogens with one attached hydrogen (secondary N) is 1. The van der Waals surface area contributed by atoms with Gasteiger partial charge in [-0.1, -0.05) is 18.2 Å². The van der Waals surface area contributed by atoms with Gasteiger partial charge in [0.25, 0.3) is 0 Å². The second-order valence-corrected chi connectivity index (χ2v) is 6.23. The van der Waals surface area contributed by atoms with Gasteiger partial charge in [0, 0.05) is 65.4 Å². The number of nitrogens with two attached hydrogens (primary N) is 1. The number of hydrogen-bond acceptors (Lipinski definition) is 6. The first-order valence-corrected chi connectivity index (χ1v) is 9.47. The molecule has 1 unspecified atom stereocenters. The molecular formula is C23H34N2O5Y2-4. The average molecular weight is 596 g/mol. The van der Waals surface area contributed by atoms with Gasteiger partial charge < -0.3 is 49.5 Å². The minimum absolute atomic E-state index is 0. The van der Waals surface area contributed by atoms with Gasteiger partial charge in [0.1, 0.15) is 0 Å². The maximum atomic E-state index is 10.1. The van der Waals surface area contributed by atoms with Crippen LogP contribution in [0.4, 0.5) is 0 Å². The van der Waals surface area contributed by atoms with Crippen LogP contribution in [0, 0.1) is 12.8 Å². The fraction of sp³-hybridized carbons (Fsp3) is 0.348. The number of phenols is 4. The molecule has 0 bridgehead atoms. The van der Waals surface area contributed by atoms with E-state index in [0.717, 1.165) is 5.56 Å². The molecule has 176 valence electrons. The molecular weight excluding hydrogens is 562 g/mol. The van der Waals surface area contributed by atoms with E-state index < -0.39 is 6.04 Å². The molecule has 2 rings (SSSR count). The summed E-state index contributed by atoms with van der Waals surface area (Å²) < 4.78 is 0. The summed E-state index contributed by atoms with van der Waals surface area (Å²) in [4.78, 5) is 10.1. The molecule has 0 aliphatic carbocycles. The van der Waals surface area contributed by atoms with Crippen molar-refractivity contribution in [1.29, 1.82) is 0 Å². The van der Waals surface area contributed by atoms with Gasteiger partial charge in [-0.3, -0.25) is 0 Å². The van der Waals surface area contributed by atoms with E-state index in [0.29, 0.717) is 24.9 Å². The average Bonchev–Trinajstić information content (AvgIpc) is 2.69. The molecule has 1 atom stereocenters. The summed E-state index contributed by atoms with van der Waals surface area (Å²) >= 11 is 0. The van der Waals surface area contributed by atoms with Gasteiger partial charge in [-0.05, 0) is 48.2 Å². The third-order valence-electron chi connectivity index (χ3n) is 3.10. The fourth-order valence-corrected chi connectivity index (χ4v) is 1.86. The third-order valence-corrected chi connectivity index (χ3v) is 3.10. The SMILES string of the molecule is C[CH-]C.C[CH-]C.NC([C-]=O)Cc1ccc(O)c(O)c1.[NH-]CCc1ccc(O)c(O)c1.[Y].[Y]. The molecule has 0 aromatic heterocycles. The molecule has 2 aromatic carbocycles. The van der Waals surface area contributed by atoms with Gasteiger partial charge in [0.05, 0.1) is 0 Å². The summed E-state index contributed by atoms with van der Waals surface area (Å²) in [5.74, 6) is -0.627. The van der Waals surface area contributed by atoms with Crippen molar-refractivity contribution in [2.75, 3.05) is 6.54 Å². The second kappa shape index (κ2) is 25.1. The normalized spacial score (nSPS) is 9.56. The topological polar surface area (TPSA) is 148 Å². The zero-order chi connectivity index (χ0) is 23.5. The van der Waals surface area contributed by atoms with Crippen molar-refractivity contribution in [2.24, 2.45) is 5.73 Å². The molecule has 7 nitrogen and oxygen atoms in total. The van der Waals surface area contributed by atoms with Crippen LogP contribution in [0.5, 0.6) is 23.0 Å². The Morgan fingerprint density at radius 1 is 0.844 bits per heavy atom.